The zero-order valence-corrected chi connectivity index (χ0v) is 16.6. The third-order valence-electron chi connectivity index (χ3n) is 4.99. The van der Waals surface area contributed by atoms with Gasteiger partial charge in [-0.1, -0.05) is 12.8 Å². The van der Waals surface area contributed by atoms with Gasteiger partial charge in [-0.2, -0.15) is 0 Å². The van der Waals surface area contributed by atoms with E-state index in [2.05, 4.69) is 5.32 Å². The van der Waals surface area contributed by atoms with E-state index in [0.717, 1.165) is 38.8 Å². The van der Waals surface area contributed by atoms with Crippen LogP contribution in [0.1, 0.15) is 36.0 Å². The molecule has 0 unspecified atom stereocenters. The lowest BCUT2D eigenvalue weighted by molar-refractivity contribution is -0.384. The minimum atomic E-state index is -0.439. The molecule has 0 spiro atoms. The van der Waals surface area contributed by atoms with Gasteiger partial charge in [0.15, 0.2) is 0 Å². The van der Waals surface area contributed by atoms with Gasteiger partial charge in [0.2, 0.25) is 0 Å². The minimum absolute atomic E-state index is 0.0530. The molecule has 3 rings (SSSR count). The zero-order chi connectivity index (χ0) is 20.8. The van der Waals surface area contributed by atoms with Gasteiger partial charge in [0.25, 0.3) is 11.6 Å². The Balaban J connectivity index is 1.86. The summed E-state index contributed by atoms with van der Waals surface area (Å²) in [5.74, 6) is 0.620. The normalized spacial score (nSPS) is 14.1. The van der Waals surface area contributed by atoms with Gasteiger partial charge in [-0.15, -0.1) is 0 Å². The van der Waals surface area contributed by atoms with Crippen molar-refractivity contribution in [3.8, 4) is 11.5 Å². The molecule has 8 nitrogen and oxygen atoms in total. The quantitative estimate of drug-likeness (QED) is 0.577. The first-order valence-electron chi connectivity index (χ1n) is 9.59. The predicted octanol–water partition coefficient (Wildman–Crippen LogP) is 4.24. The highest BCUT2D eigenvalue weighted by molar-refractivity contribution is 6.05. The maximum absolute atomic E-state index is 12.7. The number of amides is 1. The van der Waals surface area contributed by atoms with E-state index in [4.69, 9.17) is 9.47 Å². The van der Waals surface area contributed by atoms with E-state index in [1.165, 1.54) is 20.3 Å². The average molecular weight is 399 g/mol. The molecule has 2 aromatic carbocycles. The van der Waals surface area contributed by atoms with Gasteiger partial charge in [0.05, 0.1) is 19.1 Å². The fraction of sp³-hybridized carbons (Fsp3) is 0.381. The van der Waals surface area contributed by atoms with Crippen LogP contribution in [0.5, 0.6) is 11.5 Å². The van der Waals surface area contributed by atoms with E-state index >= 15 is 0 Å². The topological polar surface area (TPSA) is 93.9 Å². The number of hydrogen-bond donors (Lipinski definition) is 1. The number of ether oxygens (including phenoxy) is 2. The lowest BCUT2D eigenvalue weighted by Gasteiger charge is -2.22. The maximum atomic E-state index is 12.7. The van der Waals surface area contributed by atoms with Gasteiger partial charge < -0.3 is 19.7 Å². The van der Waals surface area contributed by atoms with Crippen LogP contribution >= 0.6 is 0 Å². The molecule has 0 aliphatic carbocycles. The Bertz CT molecular complexity index is 870. The van der Waals surface area contributed by atoms with Crippen LogP contribution < -0.4 is 19.7 Å². The van der Waals surface area contributed by atoms with Crippen molar-refractivity contribution < 1.29 is 19.2 Å². The lowest BCUT2D eigenvalue weighted by Crippen LogP contribution is -2.25. The number of methoxy groups -OCH3 is 2. The van der Waals surface area contributed by atoms with Crippen molar-refractivity contribution in [1.29, 1.82) is 0 Å². The van der Waals surface area contributed by atoms with Crippen LogP contribution in [-0.4, -0.2) is 38.1 Å². The van der Waals surface area contributed by atoms with Crippen molar-refractivity contribution in [3.05, 3.63) is 52.1 Å². The van der Waals surface area contributed by atoms with E-state index in [1.807, 2.05) is 4.90 Å². The van der Waals surface area contributed by atoms with Crippen LogP contribution in [-0.2, 0) is 0 Å². The van der Waals surface area contributed by atoms with Crippen LogP contribution in [0.2, 0.25) is 0 Å². The first-order chi connectivity index (χ1) is 14.0. The molecule has 0 radical (unpaired) electrons. The molecule has 1 aliphatic rings. The van der Waals surface area contributed by atoms with Crippen LogP contribution in [0.25, 0.3) is 0 Å². The Hall–Kier alpha value is -3.29. The first kappa shape index (κ1) is 20.4. The molecule has 1 N–H and O–H groups in total. The summed E-state index contributed by atoms with van der Waals surface area (Å²) in [5, 5.41) is 14.4. The third-order valence-corrected chi connectivity index (χ3v) is 4.99. The largest absolute Gasteiger partial charge is 0.497 e. The minimum Gasteiger partial charge on any atom is -0.497 e. The second-order valence-corrected chi connectivity index (χ2v) is 6.92. The summed E-state index contributed by atoms with van der Waals surface area (Å²) in [6.45, 7) is 1.58. The monoisotopic (exact) mass is 399 g/mol. The van der Waals surface area contributed by atoms with Gasteiger partial charge in [-0.05, 0) is 25.0 Å². The number of carbonyl (C=O) groups excluding carboxylic acids is 1. The van der Waals surface area contributed by atoms with Crippen molar-refractivity contribution >= 4 is 23.0 Å². The van der Waals surface area contributed by atoms with Crippen molar-refractivity contribution in [2.24, 2.45) is 0 Å². The molecule has 0 aromatic heterocycles. The Morgan fingerprint density at radius 1 is 1.00 bits per heavy atom. The summed E-state index contributed by atoms with van der Waals surface area (Å²) in [6, 6.07) is 9.63. The van der Waals surface area contributed by atoms with Crippen molar-refractivity contribution in [2.45, 2.75) is 25.7 Å². The summed E-state index contributed by atoms with van der Waals surface area (Å²) in [5.41, 5.74) is 1.21. The summed E-state index contributed by atoms with van der Waals surface area (Å²) in [4.78, 5) is 26.0. The standard InChI is InChI=1S/C21H25N3O5/c1-28-17-12-16(13-18(14-17)29-2)22-21(25)15-7-8-19(20(11-15)24(26)27)23-9-5-3-4-6-10-23/h7-8,11-14H,3-6,9-10H2,1-2H3,(H,22,25). The number of benzene rings is 2. The highest BCUT2D eigenvalue weighted by atomic mass is 16.6. The molecule has 0 atom stereocenters. The molecular formula is C21H25N3O5. The molecule has 8 heteroatoms. The molecule has 1 aliphatic heterocycles. The van der Waals surface area contributed by atoms with Gasteiger partial charge >= 0.3 is 0 Å². The second kappa shape index (κ2) is 9.27. The fourth-order valence-electron chi connectivity index (χ4n) is 3.47. The fourth-order valence-corrected chi connectivity index (χ4v) is 3.47. The molecule has 0 saturated carbocycles. The third kappa shape index (κ3) is 4.96. The average Bonchev–Trinajstić information content (AvgIpc) is 3.02. The number of hydrogen-bond acceptors (Lipinski definition) is 6. The summed E-state index contributed by atoms with van der Waals surface area (Å²) < 4.78 is 10.4. The molecule has 1 saturated heterocycles. The maximum Gasteiger partial charge on any atom is 0.293 e. The van der Waals surface area contributed by atoms with Gasteiger partial charge in [0, 0.05) is 48.6 Å². The molecule has 1 fully saturated rings. The van der Waals surface area contributed by atoms with E-state index < -0.39 is 10.8 Å². The van der Waals surface area contributed by atoms with Gasteiger partial charge in [-0.25, -0.2) is 0 Å². The van der Waals surface area contributed by atoms with E-state index in [0.29, 0.717) is 22.9 Å². The van der Waals surface area contributed by atoms with E-state index in [9.17, 15) is 14.9 Å². The van der Waals surface area contributed by atoms with E-state index in [1.54, 1.807) is 30.3 Å². The molecule has 0 bridgehead atoms. The van der Waals surface area contributed by atoms with Crippen molar-refractivity contribution in [1.82, 2.24) is 0 Å². The SMILES string of the molecule is COc1cc(NC(=O)c2ccc(N3CCCCCC3)c([N+](=O)[O-])c2)cc(OC)c1. The number of nitrogens with zero attached hydrogens (tertiary/aromatic N) is 2. The predicted molar refractivity (Wildman–Crippen MR) is 111 cm³/mol. The number of anilines is 2. The summed E-state index contributed by atoms with van der Waals surface area (Å²) in [7, 11) is 3.04. The lowest BCUT2D eigenvalue weighted by atomic mass is 10.1. The van der Waals surface area contributed by atoms with Crippen LogP contribution in [0.15, 0.2) is 36.4 Å². The molecule has 1 heterocycles. The summed E-state index contributed by atoms with van der Waals surface area (Å²) in [6.07, 6.45) is 4.29. The van der Waals surface area contributed by atoms with Crippen molar-refractivity contribution in [3.63, 3.8) is 0 Å². The van der Waals surface area contributed by atoms with Crippen LogP contribution in [0.3, 0.4) is 0 Å². The van der Waals surface area contributed by atoms with Crippen molar-refractivity contribution in [2.75, 3.05) is 37.5 Å². The number of rotatable bonds is 6. The molecule has 29 heavy (non-hydrogen) atoms. The zero-order valence-electron chi connectivity index (χ0n) is 16.6. The Morgan fingerprint density at radius 2 is 1.62 bits per heavy atom. The second-order valence-electron chi connectivity index (χ2n) is 6.92. The smallest absolute Gasteiger partial charge is 0.293 e. The van der Waals surface area contributed by atoms with Crippen LogP contribution in [0, 0.1) is 10.1 Å². The molecule has 154 valence electrons. The van der Waals surface area contributed by atoms with Crippen LogP contribution in [0.4, 0.5) is 17.1 Å². The Kier molecular flexibility index (Phi) is 6.54. The molecule has 1 amide bonds. The van der Waals surface area contributed by atoms with Gasteiger partial charge in [-0.3, -0.25) is 14.9 Å². The molecular weight excluding hydrogens is 374 g/mol. The number of nitro groups is 1. The highest BCUT2D eigenvalue weighted by Gasteiger charge is 2.23. The highest BCUT2D eigenvalue weighted by Crippen LogP contribution is 2.32. The Labute approximate surface area is 169 Å². The number of nitrogens with one attached hydrogen (secondary N) is 1. The number of carbonyl (C=O) groups is 1. The van der Waals surface area contributed by atoms with E-state index in [-0.39, 0.29) is 11.3 Å². The first-order valence-corrected chi connectivity index (χ1v) is 9.59. The molecule has 2 aromatic rings. The summed E-state index contributed by atoms with van der Waals surface area (Å²) >= 11 is 0. The van der Waals surface area contributed by atoms with Gasteiger partial charge in [0.1, 0.15) is 17.2 Å². The number of nitro benzene ring substituents is 1. The Morgan fingerprint density at radius 3 is 2.17 bits per heavy atom.